The van der Waals surface area contributed by atoms with Gasteiger partial charge in [-0.2, -0.15) is 0 Å². The zero-order valence-corrected chi connectivity index (χ0v) is 40.8. The van der Waals surface area contributed by atoms with Crippen LogP contribution >= 0.6 is 0 Å². The number of likely N-dealkylation sites (N-methyl/N-ethyl adjacent to an activating group) is 1. The van der Waals surface area contributed by atoms with Crippen molar-refractivity contribution in [3.05, 3.63) is 35.6 Å². The third kappa shape index (κ3) is 13.4. The highest BCUT2D eigenvalue weighted by molar-refractivity contribution is 5.82. The number of esters is 1. The van der Waals surface area contributed by atoms with Crippen LogP contribution < -0.4 is 0 Å². The highest BCUT2D eigenvalue weighted by Gasteiger charge is 2.53. The number of hydrogen-bond acceptors (Lipinski definition) is 14. The van der Waals surface area contributed by atoms with E-state index in [1.807, 2.05) is 34.9 Å². The summed E-state index contributed by atoms with van der Waals surface area (Å²) in [6.07, 6.45) is 5.72. The van der Waals surface area contributed by atoms with Crippen molar-refractivity contribution in [1.29, 1.82) is 0 Å². The highest BCUT2D eigenvalue weighted by atomic mass is 16.7. The van der Waals surface area contributed by atoms with Crippen LogP contribution in [0.15, 0.2) is 35.6 Å². The van der Waals surface area contributed by atoms with Crippen molar-refractivity contribution >= 4 is 5.97 Å². The highest BCUT2D eigenvalue weighted by Crippen LogP contribution is 2.47. The van der Waals surface area contributed by atoms with Gasteiger partial charge in [0.2, 0.25) is 0 Å². The number of fused-ring (bicyclic) bond motifs is 2. The lowest BCUT2D eigenvalue weighted by molar-refractivity contribution is -0.347. The Labute approximate surface area is 383 Å². The van der Waals surface area contributed by atoms with E-state index in [-0.39, 0.29) is 42.9 Å². The van der Waals surface area contributed by atoms with E-state index in [0.29, 0.717) is 44.9 Å². The van der Waals surface area contributed by atoms with Gasteiger partial charge < -0.3 is 64.0 Å². The molecule has 17 unspecified atom stereocenters. The average molecular weight is 908 g/mol. The Morgan fingerprint density at radius 2 is 1.61 bits per heavy atom. The van der Waals surface area contributed by atoms with Gasteiger partial charge in [0.15, 0.2) is 12.1 Å². The molecule has 14 heteroatoms. The molecule has 0 saturated carbocycles. The van der Waals surface area contributed by atoms with Gasteiger partial charge in [0.1, 0.15) is 35.3 Å². The molecule has 6 N–H and O–H groups in total. The zero-order valence-electron chi connectivity index (χ0n) is 40.8. The number of aliphatic hydroxyl groups is 6. The fraction of sp³-hybridized carbons (Fsp3) is 0.860. The molecule has 14 nitrogen and oxygen atoms in total. The summed E-state index contributed by atoms with van der Waals surface area (Å²) in [5.74, 6) is -2.20. The van der Waals surface area contributed by atoms with Crippen LogP contribution in [-0.2, 0) is 33.2 Å². The topological polar surface area (TPSA) is 197 Å². The maximum atomic E-state index is 13.8. The molecule has 1 spiro atoms. The summed E-state index contributed by atoms with van der Waals surface area (Å²) in [5.41, 5.74) is -3.09. The molecular formula is C50H85NO13. The number of aliphatic hydroxyl groups excluding tert-OH is 4. The summed E-state index contributed by atoms with van der Waals surface area (Å²) >= 11 is 0. The second kappa shape index (κ2) is 22.0. The van der Waals surface area contributed by atoms with Crippen LogP contribution in [0.1, 0.15) is 152 Å². The predicted molar refractivity (Wildman–Crippen MR) is 243 cm³/mol. The molecule has 17 atom stereocenters. The van der Waals surface area contributed by atoms with Gasteiger partial charge in [-0.25, -0.2) is 4.79 Å². The summed E-state index contributed by atoms with van der Waals surface area (Å²) in [6.45, 7) is 16.5. The maximum Gasteiger partial charge on any atom is 0.330 e. The summed E-state index contributed by atoms with van der Waals surface area (Å²) < 4.78 is 39.2. The predicted octanol–water partition coefficient (Wildman–Crippen LogP) is 5.98. The molecule has 5 aliphatic heterocycles. The standard InChI is InChI=1S/C50H85NO13/c1-12-35(52)26-37-30(2)21-25-50(63-37)29-40-31(3)38(64-50)27-39-34(28-47(6,7)62-39)18-16-14-13-15-17-23-48(8,57)46(56)44(61-42-20-19-36(51(10)11)33(5)59-42)43(54)32(4)45(55)49(9,58)24-22-41(53)60-40/h16,18,22,24,30-33,35-38,40,42-46,52,54-58H,12-15,17,19-21,23,25-29H2,1-11H3/b18-16-,24-22?. The molecule has 0 aromatic heterocycles. The van der Waals surface area contributed by atoms with Gasteiger partial charge in [-0.15, -0.1) is 0 Å². The monoisotopic (exact) mass is 908 g/mol. The van der Waals surface area contributed by atoms with Crippen molar-refractivity contribution in [1.82, 2.24) is 4.90 Å². The van der Waals surface area contributed by atoms with Crippen LogP contribution in [-0.4, -0.2) is 145 Å². The Hall–Kier alpha value is -1.95. The van der Waals surface area contributed by atoms with Crippen LogP contribution in [0.3, 0.4) is 0 Å². The fourth-order valence-electron chi connectivity index (χ4n) is 10.5. The smallest absolute Gasteiger partial charge is 0.330 e. The number of carbonyl (C=O) groups is 1. The summed E-state index contributed by atoms with van der Waals surface area (Å²) in [7, 11) is 3.96. The molecule has 0 radical (unpaired) electrons. The number of nitrogens with zero attached hydrogens (tertiary/aromatic N) is 1. The third-order valence-electron chi connectivity index (χ3n) is 15.0. The lowest BCUT2D eigenvalue weighted by atomic mass is 9.79. The minimum Gasteiger partial charge on any atom is -0.491 e. The first-order chi connectivity index (χ1) is 29.9. The van der Waals surface area contributed by atoms with E-state index in [0.717, 1.165) is 55.6 Å². The molecule has 64 heavy (non-hydrogen) atoms. The Morgan fingerprint density at radius 3 is 2.28 bits per heavy atom. The van der Waals surface area contributed by atoms with E-state index in [1.165, 1.54) is 20.8 Å². The number of carbonyl (C=O) groups excluding carboxylic acids is 1. The summed E-state index contributed by atoms with van der Waals surface area (Å²) in [4.78, 5) is 15.9. The Morgan fingerprint density at radius 1 is 0.891 bits per heavy atom. The molecule has 0 aromatic carbocycles. The molecule has 0 aromatic rings. The molecule has 0 aliphatic carbocycles. The lowest BCUT2D eigenvalue weighted by Crippen LogP contribution is -2.58. The Bertz CT molecular complexity index is 1610. The first-order valence-electron chi connectivity index (χ1n) is 24.3. The van der Waals surface area contributed by atoms with E-state index in [9.17, 15) is 35.4 Å². The number of hydrogen-bond donors (Lipinski definition) is 6. The van der Waals surface area contributed by atoms with Gasteiger partial charge in [0.05, 0.1) is 42.2 Å². The van der Waals surface area contributed by atoms with Gasteiger partial charge in [0, 0.05) is 49.6 Å². The normalized spacial score (nSPS) is 44.4. The maximum absolute atomic E-state index is 13.8. The van der Waals surface area contributed by atoms with E-state index in [2.05, 4.69) is 37.8 Å². The number of rotatable bonds is 6. The number of allylic oxidation sites excluding steroid dienone is 2. The minimum absolute atomic E-state index is 0.139. The molecule has 5 heterocycles. The van der Waals surface area contributed by atoms with Crippen molar-refractivity contribution < 1.29 is 63.9 Å². The second-order valence-corrected chi connectivity index (χ2v) is 21.4. The first-order valence-corrected chi connectivity index (χ1v) is 24.3. The third-order valence-corrected chi connectivity index (χ3v) is 15.0. The molecule has 5 rings (SSSR count). The van der Waals surface area contributed by atoms with Crippen molar-refractivity contribution in [3.63, 3.8) is 0 Å². The summed E-state index contributed by atoms with van der Waals surface area (Å²) in [6, 6.07) is 0.139. The molecule has 2 bridgehead atoms. The van der Waals surface area contributed by atoms with Crippen LogP contribution in [0.25, 0.3) is 0 Å². The minimum atomic E-state index is -2.05. The van der Waals surface area contributed by atoms with Gasteiger partial charge in [-0.1, -0.05) is 52.7 Å². The van der Waals surface area contributed by atoms with Crippen molar-refractivity contribution in [3.8, 4) is 0 Å². The molecule has 0 amide bonds. The second-order valence-electron chi connectivity index (χ2n) is 21.4. The molecule has 368 valence electrons. The Balaban J connectivity index is 1.45. The van der Waals surface area contributed by atoms with Crippen LogP contribution in [0.4, 0.5) is 0 Å². The lowest BCUT2D eigenvalue weighted by Gasteiger charge is -2.52. The van der Waals surface area contributed by atoms with E-state index in [4.69, 9.17) is 28.4 Å². The molecule has 5 aliphatic rings. The first kappa shape index (κ1) is 53.0. The zero-order chi connectivity index (χ0) is 47.4. The summed E-state index contributed by atoms with van der Waals surface area (Å²) in [5, 5.41) is 69.6. The van der Waals surface area contributed by atoms with Crippen LogP contribution in [0, 0.1) is 17.8 Å². The van der Waals surface area contributed by atoms with Gasteiger partial charge in [0.25, 0.3) is 0 Å². The van der Waals surface area contributed by atoms with E-state index < -0.39 is 83.5 Å². The Kier molecular flexibility index (Phi) is 18.2. The van der Waals surface area contributed by atoms with Crippen molar-refractivity contribution in [2.24, 2.45) is 17.8 Å². The van der Waals surface area contributed by atoms with Crippen LogP contribution in [0.5, 0.6) is 0 Å². The van der Waals surface area contributed by atoms with Gasteiger partial charge >= 0.3 is 5.97 Å². The fourth-order valence-corrected chi connectivity index (χ4v) is 10.5. The van der Waals surface area contributed by atoms with E-state index >= 15 is 0 Å². The van der Waals surface area contributed by atoms with Crippen LogP contribution in [0.2, 0.25) is 0 Å². The quantitative estimate of drug-likeness (QED) is 0.170. The molecule has 3 fully saturated rings. The SMILES string of the molecule is CCC(O)CC1OC2(CCC1C)CC1OC(=O)C=CC(C)(O)C(O)C(C)C(O)C(OC3CCC(N(C)C)C(C)O3)C(O)C(C)(O)CCCCC/C=C\C3=C(CC(O2)C1C)OC(C)(C)C3. The van der Waals surface area contributed by atoms with E-state index in [1.54, 1.807) is 0 Å². The largest absolute Gasteiger partial charge is 0.491 e. The average Bonchev–Trinajstić information content (AvgIpc) is 3.52. The van der Waals surface area contributed by atoms with Crippen molar-refractivity contribution in [2.45, 2.75) is 242 Å². The molecule has 3 saturated heterocycles. The number of ether oxygens (including phenoxy) is 6. The van der Waals surface area contributed by atoms with Gasteiger partial charge in [-0.05, 0) is 118 Å². The van der Waals surface area contributed by atoms with Gasteiger partial charge in [-0.3, -0.25) is 0 Å². The van der Waals surface area contributed by atoms with Crippen molar-refractivity contribution in [2.75, 3.05) is 14.1 Å². The molecular weight excluding hydrogens is 823 g/mol.